The molecule has 1 aliphatic heterocycles. The van der Waals surface area contributed by atoms with E-state index < -0.39 is 0 Å². The van der Waals surface area contributed by atoms with E-state index in [1.165, 1.54) is 16.1 Å². The van der Waals surface area contributed by atoms with Gasteiger partial charge in [-0.25, -0.2) is 0 Å². The highest BCUT2D eigenvalue weighted by Gasteiger charge is 2.10. The monoisotopic (exact) mass is 165 g/mol. The average Bonchev–Trinajstić information content (AvgIpc) is 2.32. The van der Waals surface area contributed by atoms with Crippen LogP contribution in [0.5, 0.6) is 0 Å². The second-order valence-corrected chi connectivity index (χ2v) is 4.78. The lowest BCUT2D eigenvalue weighted by Crippen LogP contribution is -1.75. The molecule has 0 N–H and O–H groups in total. The molecule has 1 aromatic carbocycles. The van der Waals surface area contributed by atoms with Crippen LogP contribution in [0.25, 0.3) is 0 Å². The molecular formula is C9H11NS. The van der Waals surface area contributed by atoms with Crippen molar-refractivity contribution in [2.24, 2.45) is 4.99 Å². The molecular weight excluding hydrogens is 154 g/mol. The van der Waals surface area contributed by atoms with Crippen LogP contribution in [0, 0.1) is 6.92 Å². The molecule has 11 heavy (non-hydrogen) atoms. The fourth-order valence-corrected chi connectivity index (χ4v) is 2.46. The summed E-state index contributed by atoms with van der Waals surface area (Å²) < 4.78 is 0. The van der Waals surface area contributed by atoms with Gasteiger partial charge in [0.25, 0.3) is 0 Å². The van der Waals surface area contributed by atoms with E-state index in [0.717, 1.165) is 0 Å². The molecule has 1 nitrogen and oxygen atoms in total. The van der Waals surface area contributed by atoms with Gasteiger partial charge in [-0.1, -0.05) is 6.07 Å². The fourth-order valence-electron chi connectivity index (χ4n) is 1.25. The van der Waals surface area contributed by atoms with Crippen LogP contribution in [0.2, 0.25) is 0 Å². The summed E-state index contributed by atoms with van der Waals surface area (Å²) in [5.74, 6) is 0. The van der Waals surface area contributed by atoms with Gasteiger partial charge in [0.05, 0.1) is 5.69 Å². The van der Waals surface area contributed by atoms with Gasteiger partial charge in [0.1, 0.15) is 0 Å². The summed E-state index contributed by atoms with van der Waals surface area (Å²) in [5, 5.41) is 0. The van der Waals surface area contributed by atoms with E-state index in [0.29, 0.717) is 0 Å². The lowest BCUT2D eigenvalue weighted by molar-refractivity contribution is 1.35. The van der Waals surface area contributed by atoms with Crippen molar-refractivity contribution < 1.29 is 0 Å². The van der Waals surface area contributed by atoms with Gasteiger partial charge in [-0.05, 0) is 30.9 Å². The Kier molecular flexibility index (Phi) is 1.50. The minimum atomic E-state index is -0.0849. The molecule has 0 saturated carbocycles. The Bertz CT molecular complexity index is 317. The molecule has 1 unspecified atom stereocenters. The SMILES string of the molecule is Cc1ccc2c(c1)N=C[SH]2C. The predicted octanol–water partition coefficient (Wildman–Crippen LogP) is 2.66. The highest BCUT2D eigenvalue weighted by atomic mass is 32.2. The number of benzene rings is 1. The zero-order valence-corrected chi connectivity index (χ0v) is 7.60. The number of fused-ring (bicyclic) bond motifs is 1. The predicted molar refractivity (Wildman–Crippen MR) is 52.5 cm³/mol. The summed E-state index contributed by atoms with van der Waals surface area (Å²) in [4.78, 5) is 5.77. The van der Waals surface area contributed by atoms with Crippen molar-refractivity contribution in [3.63, 3.8) is 0 Å². The van der Waals surface area contributed by atoms with Gasteiger partial charge in [-0.3, -0.25) is 4.99 Å². The van der Waals surface area contributed by atoms with E-state index >= 15 is 0 Å². The number of aliphatic imine (C=N–C) groups is 1. The first-order valence-electron chi connectivity index (χ1n) is 3.65. The first-order valence-corrected chi connectivity index (χ1v) is 5.51. The normalized spacial score (nSPS) is 23.6. The topological polar surface area (TPSA) is 12.4 Å². The zero-order chi connectivity index (χ0) is 7.84. The molecule has 1 aromatic rings. The van der Waals surface area contributed by atoms with Crippen molar-refractivity contribution in [1.29, 1.82) is 0 Å². The average molecular weight is 165 g/mol. The summed E-state index contributed by atoms with van der Waals surface area (Å²) in [6.07, 6.45) is 2.24. The van der Waals surface area contributed by atoms with Crippen LogP contribution in [0.1, 0.15) is 5.56 Å². The molecule has 58 valence electrons. The Labute approximate surface area is 69.5 Å². The molecule has 1 atom stereocenters. The third-order valence-electron chi connectivity index (χ3n) is 1.88. The molecule has 1 aliphatic rings. The second-order valence-electron chi connectivity index (χ2n) is 2.85. The van der Waals surface area contributed by atoms with Crippen molar-refractivity contribution in [1.82, 2.24) is 0 Å². The van der Waals surface area contributed by atoms with Crippen LogP contribution >= 0.6 is 10.9 Å². The van der Waals surface area contributed by atoms with Crippen LogP contribution in [0.4, 0.5) is 5.69 Å². The molecule has 0 aliphatic carbocycles. The van der Waals surface area contributed by atoms with E-state index in [1.54, 1.807) is 0 Å². The van der Waals surface area contributed by atoms with Crippen LogP contribution < -0.4 is 0 Å². The fraction of sp³-hybridized carbons (Fsp3) is 0.222. The molecule has 0 radical (unpaired) electrons. The van der Waals surface area contributed by atoms with Crippen LogP contribution in [0.3, 0.4) is 0 Å². The van der Waals surface area contributed by atoms with Crippen molar-refractivity contribution in [3.05, 3.63) is 23.8 Å². The number of hydrogen-bond acceptors (Lipinski definition) is 1. The standard InChI is InChI=1S/C9H11NS/c1-7-3-4-9-8(5-7)10-6-11(9)2/h3-6,11H,1-2H3. The van der Waals surface area contributed by atoms with Crippen molar-refractivity contribution in [2.45, 2.75) is 11.8 Å². The van der Waals surface area contributed by atoms with Crippen LogP contribution in [0.15, 0.2) is 28.1 Å². The Morgan fingerprint density at radius 1 is 1.36 bits per heavy atom. The van der Waals surface area contributed by atoms with Gasteiger partial charge in [-0.2, -0.15) is 10.9 Å². The minimum Gasteiger partial charge on any atom is -0.250 e. The van der Waals surface area contributed by atoms with Gasteiger partial charge < -0.3 is 0 Å². The zero-order valence-electron chi connectivity index (χ0n) is 6.70. The van der Waals surface area contributed by atoms with E-state index in [2.05, 4.69) is 41.9 Å². The van der Waals surface area contributed by atoms with Crippen LogP contribution in [-0.4, -0.2) is 11.8 Å². The molecule has 0 amide bonds. The van der Waals surface area contributed by atoms with E-state index in [9.17, 15) is 0 Å². The number of thiol groups is 1. The maximum absolute atomic E-state index is 4.34. The third-order valence-corrected chi connectivity index (χ3v) is 3.48. The molecule has 0 fully saturated rings. The Morgan fingerprint density at radius 2 is 2.18 bits per heavy atom. The van der Waals surface area contributed by atoms with Gasteiger partial charge in [0.15, 0.2) is 0 Å². The quantitative estimate of drug-likeness (QED) is 0.567. The van der Waals surface area contributed by atoms with E-state index in [-0.39, 0.29) is 10.9 Å². The molecule has 1 heterocycles. The van der Waals surface area contributed by atoms with Gasteiger partial charge in [0, 0.05) is 10.4 Å². The van der Waals surface area contributed by atoms with E-state index in [1.807, 2.05) is 0 Å². The van der Waals surface area contributed by atoms with Gasteiger partial charge in [-0.15, -0.1) is 0 Å². The molecule has 2 heteroatoms. The first-order chi connectivity index (χ1) is 5.27. The maximum atomic E-state index is 4.34. The largest absolute Gasteiger partial charge is 0.250 e. The Morgan fingerprint density at radius 3 is 3.00 bits per heavy atom. The number of rotatable bonds is 0. The van der Waals surface area contributed by atoms with Crippen molar-refractivity contribution >= 4 is 22.1 Å². The maximum Gasteiger partial charge on any atom is 0.0759 e. The summed E-state index contributed by atoms with van der Waals surface area (Å²) in [6, 6.07) is 6.51. The lowest BCUT2D eigenvalue weighted by atomic mass is 10.2. The number of aryl methyl sites for hydroxylation is 1. The molecule has 0 aromatic heterocycles. The first kappa shape index (κ1) is 6.92. The minimum absolute atomic E-state index is 0.0849. The lowest BCUT2D eigenvalue weighted by Gasteiger charge is -2.05. The highest BCUT2D eigenvalue weighted by molar-refractivity contribution is 8.28. The Balaban J connectivity index is 2.58. The molecule has 0 spiro atoms. The summed E-state index contributed by atoms with van der Waals surface area (Å²) in [6.45, 7) is 2.10. The number of hydrogen-bond donors (Lipinski definition) is 1. The van der Waals surface area contributed by atoms with E-state index in [4.69, 9.17) is 0 Å². The van der Waals surface area contributed by atoms with Crippen molar-refractivity contribution in [2.75, 3.05) is 6.26 Å². The second kappa shape index (κ2) is 2.38. The molecule has 0 bridgehead atoms. The summed E-state index contributed by atoms with van der Waals surface area (Å²) in [5.41, 5.74) is 4.55. The van der Waals surface area contributed by atoms with Gasteiger partial charge in [0.2, 0.25) is 0 Å². The third kappa shape index (κ3) is 1.07. The van der Waals surface area contributed by atoms with Crippen molar-refractivity contribution in [3.8, 4) is 0 Å². The smallest absolute Gasteiger partial charge is 0.0759 e. The number of nitrogens with zero attached hydrogens (tertiary/aromatic N) is 1. The Hall–Kier alpha value is -0.760. The molecule has 0 saturated heterocycles. The van der Waals surface area contributed by atoms with Gasteiger partial charge >= 0.3 is 0 Å². The van der Waals surface area contributed by atoms with Crippen LogP contribution in [-0.2, 0) is 0 Å². The summed E-state index contributed by atoms with van der Waals surface area (Å²) in [7, 11) is -0.0849. The highest BCUT2D eigenvalue weighted by Crippen LogP contribution is 2.43. The molecule has 2 rings (SSSR count). The summed E-state index contributed by atoms with van der Waals surface area (Å²) >= 11 is 0.